The summed E-state index contributed by atoms with van der Waals surface area (Å²) in [4.78, 5) is 11.3. The van der Waals surface area contributed by atoms with E-state index in [4.69, 9.17) is 22.1 Å². The number of hydrogen-bond donors (Lipinski definition) is 2. The van der Waals surface area contributed by atoms with Crippen LogP contribution in [0.2, 0.25) is 5.02 Å². The van der Waals surface area contributed by atoms with Crippen molar-refractivity contribution in [2.24, 2.45) is 5.73 Å². The van der Waals surface area contributed by atoms with Gasteiger partial charge in [-0.05, 0) is 25.1 Å². The van der Waals surface area contributed by atoms with Crippen LogP contribution in [-0.2, 0) is 10.3 Å². The van der Waals surface area contributed by atoms with Gasteiger partial charge in [0.05, 0.1) is 6.10 Å². The molecule has 1 heterocycles. The Balaban J connectivity index is 2.60. The van der Waals surface area contributed by atoms with Gasteiger partial charge in [-0.1, -0.05) is 11.6 Å². The van der Waals surface area contributed by atoms with E-state index in [1.807, 2.05) is 0 Å². The quantitative estimate of drug-likeness (QED) is 0.786. The van der Waals surface area contributed by atoms with Crippen LogP contribution in [0.3, 0.4) is 0 Å². The number of nitrogens with two attached hydrogens (primary N) is 1. The predicted molar refractivity (Wildman–Crippen MR) is 59.7 cm³/mol. The van der Waals surface area contributed by atoms with E-state index in [-0.39, 0.29) is 12.5 Å². The zero-order chi connectivity index (χ0) is 11.9. The van der Waals surface area contributed by atoms with Crippen molar-refractivity contribution in [3.05, 3.63) is 28.8 Å². The van der Waals surface area contributed by atoms with Crippen molar-refractivity contribution in [1.29, 1.82) is 0 Å². The van der Waals surface area contributed by atoms with Crippen molar-refractivity contribution in [3.63, 3.8) is 0 Å². The SMILES string of the molecule is C[C@@H]1C[C@](N)(C(=O)O)c2cc(Cl)ccc2O1. The highest BCUT2D eigenvalue weighted by Gasteiger charge is 2.43. The summed E-state index contributed by atoms with van der Waals surface area (Å²) in [6.07, 6.45) is 0.00476. The number of carboxylic acids is 1. The van der Waals surface area contributed by atoms with Gasteiger partial charge in [0.1, 0.15) is 11.3 Å². The van der Waals surface area contributed by atoms with Crippen LogP contribution in [-0.4, -0.2) is 17.2 Å². The van der Waals surface area contributed by atoms with E-state index < -0.39 is 11.5 Å². The summed E-state index contributed by atoms with van der Waals surface area (Å²) in [6.45, 7) is 1.79. The molecule has 86 valence electrons. The predicted octanol–water partition coefficient (Wildman–Crippen LogP) is 1.75. The Hall–Kier alpha value is -1.26. The first-order chi connectivity index (χ1) is 7.43. The maximum Gasteiger partial charge on any atom is 0.328 e. The lowest BCUT2D eigenvalue weighted by Crippen LogP contribution is -2.50. The average molecular weight is 242 g/mol. The molecule has 16 heavy (non-hydrogen) atoms. The van der Waals surface area contributed by atoms with Crippen molar-refractivity contribution < 1.29 is 14.6 Å². The first-order valence-corrected chi connectivity index (χ1v) is 5.30. The first kappa shape index (κ1) is 11.2. The third-order valence-electron chi connectivity index (χ3n) is 2.74. The van der Waals surface area contributed by atoms with Gasteiger partial charge >= 0.3 is 5.97 Å². The van der Waals surface area contributed by atoms with Crippen LogP contribution in [0, 0.1) is 0 Å². The summed E-state index contributed by atoms with van der Waals surface area (Å²) < 4.78 is 5.53. The van der Waals surface area contributed by atoms with Gasteiger partial charge in [-0.3, -0.25) is 0 Å². The number of aliphatic carboxylic acids is 1. The molecule has 3 N–H and O–H groups in total. The summed E-state index contributed by atoms with van der Waals surface area (Å²) in [7, 11) is 0. The van der Waals surface area contributed by atoms with E-state index in [1.54, 1.807) is 25.1 Å². The van der Waals surface area contributed by atoms with Crippen molar-refractivity contribution in [1.82, 2.24) is 0 Å². The molecule has 0 saturated carbocycles. The monoisotopic (exact) mass is 241 g/mol. The number of fused-ring (bicyclic) bond motifs is 1. The molecule has 2 atom stereocenters. The molecule has 0 radical (unpaired) electrons. The molecule has 0 saturated heterocycles. The fourth-order valence-electron chi connectivity index (χ4n) is 1.98. The Bertz CT molecular complexity index is 449. The minimum Gasteiger partial charge on any atom is -0.490 e. The minimum atomic E-state index is -1.42. The van der Waals surface area contributed by atoms with Gasteiger partial charge in [0.25, 0.3) is 0 Å². The van der Waals surface area contributed by atoms with Gasteiger partial charge in [-0.2, -0.15) is 0 Å². The van der Waals surface area contributed by atoms with Gasteiger partial charge in [-0.15, -0.1) is 0 Å². The molecule has 2 rings (SSSR count). The molecule has 1 aliphatic heterocycles. The smallest absolute Gasteiger partial charge is 0.328 e. The molecule has 4 nitrogen and oxygen atoms in total. The number of ether oxygens (including phenoxy) is 1. The fourth-order valence-corrected chi connectivity index (χ4v) is 2.15. The molecule has 0 amide bonds. The third-order valence-corrected chi connectivity index (χ3v) is 2.98. The summed E-state index contributed by atoms with van der Waals surface area (Å²) in [6, 6.07) is 4.86. The lowest BCUT2D eigenvalue weighted by Gasteiger charge is -2.35. The fraction of sp³-hybridized carbons (Fsp3) is 0.364. The van der Waals surface area contributed by atoms with Gasteiger partial charge < -0.3 is 15.6 Å². The molecule has 1 aromatic rings. The van der Waals surface area contributed by atoms with Crippen molar-refractivity contribution in [2.75, 3.05) is 0 Å². The Morgan fingerprint density at radius 1 is 1.69 bits per heavy atom. The van der Waals surface area contributed by atoms with Crippen LogP contribution < -0.4 is 10.5 Å². The van der Waals surface area contributed by atoms with E-state index in [0.29, 0.717) is 16.3 Å². The van der Waals surface area contributed by atoms with E-state index in [0.717, 1.165) is 0 Å². The van der Waals surface area contributed by atoms with Crippen molar-refractivity contribution >= 4 is 17.6 Å². The van der Waals surface area contributed by atoms with E-state index in [9.17, 15) is 9.90 Å². The molecule has 0 aromatic heterocycles. The normalized spacial score (nSPS) is 28.1. The maximum atomic E-state index is 11.3. The lowest BCUT2D eigenvalue weighted by molar-refractivity contribution is -0.145. The minimum absolute atomic E-state index is 0.227. The van der Waals surface area contributed by atoms with Crippen LogP contribution in [0.4, 0.5) is 0 Å². The Morgan fingerprint density at radius 2 is 2.38 bits per heavy atom. The molecular formula is C11H12ClNO3. The molecular weight excluding hydrogens is 230 g/mol. The summed E-state index contributed by atoms with van der Waals surface area (Å²) in [5, 5.41) is 9.68. The van der Waals surface area contributed by atoms with Gasteiger partial charge in [-0.25, -0.2) is 4.79 Å². The van der Waals surface area contributed by atoms with Crippen molar-refractivity contribution in [3.8, 4) is 5.75 Å². The number of carboxylic acid groups (broad SMARTS) is 1. The largest absolute Gasteiger partial charge is 0.490 e. The summed E-state index contributed by atoms with van der Waals surface area (Å²) in [5.74, 6) is -0.570. The molecule has 0 bridgehead atoms. The van der Waals surface area contributed by atoms with Crippen molar-refractivity contribution in [2.45, 2.75) is 25.0 Å². The van der Waals surface area contributed by atoms with E-state index >= 15 is 0 Å². The first-order valence-electron chi connectivity index (χ1n) is 4.92. The number of carbonyl (C=O) groups is 1. The maximum absolute atomic E-state index is 11.3. The van der Waals surface area contributed by atoms with Gasteiger partial charge in [0.15, 0.2) is 0 Å². The van der Waals surface area contributed by atoms with Crippen LogP contribution in [0.25, 0.3) is 0 Å². The molecule has 0 fully saturated rings. The second kappa shape index (κ2) is 3.64. The second-order valence-corrected chi connectivity index (χ2v) is 4.49. The summed E-state index contributed by atoms with van der Waals surface area (Å²) >= 11 is 5.84. The Kier molecular flexibility index (Phi) is 2.56. The molecule has 1 aliphatic rings. The number of hydrogen-bond acceptors (Lipinski definition) is 3. The highest BCUT2D eigenvalue weighted by Crippen LogP contribution is 2.39. The molecule has 0 unspecified atom stereocenters. The van der Waals surface area contributed by atoms with Crippen LogP contribution in [0.5, 0.6) is 5.75 Å². The molecule has 5 heteroatoms. The molecule has 0 spiro atoms. The number of halogens is 1. The highest BCUT2D eigenvalue weighted by atomic mass is 35.5. The lowest BCUT2D eigenvalue weighted by atomic mass is 9.83. The topological polar surface area (TPSA) is 72.6 Å². The van der Waals surface area contributed by atoms with E-state index in [2.05, 4.69) is 0 Å². The molecule has 0 aliphatic carbocycles. The average Bonchev–Trinajstić information content (AvgIpc) is 2.19. The van der Waals surface area contributed by atoms with E-state index in [1.165, 1.54) is 0 Å². The number of rotatable bonds is 1. The standard InChI is InChI=1S/C11H12ClNO3/c1-6-5-11(13,10(14)15)8-4-7(12)2-3-9(8)16-6/h2-4,6H,5,13H2,1H3,(H,14,15)/t6-,11-/m1/s1. The van der Waals surface area contributed by atoms with Crippen LogP contribution in [0.1, 0.15) is 18.9 Å². The molecule has 1 aromatic carbocycles. The van der Waals surface area contributed by atoms with Crippen LogP contribution in [0.15, 0.2) is 18.2 Å². The third kappa shape index (κ3) is 1.64. The number of benzene rings is 1. The highest BCUT2D eigenvalue weighted by molar-refractivity contribution is 6.30. The second-order valence-electron chi connectivity index (χ2n) is 4.05. The summed E-state index contributed by atoms with van der Waals surface area (Å²) in [5.41, 5.74) is 4.95. The Labute approximate surface area is 98.0 Å². The van der Waals surface area contributed by atoms with Gasteiger partial charge in [0.2, 0.25) is 0 Å². The zero-order valence-electron chi connectivity index (χ0n) is 8.74. The van der Waals surface area contributed by atoms with Gasteiger partial charge in [0, 0.05) is 17.0 Å². The zero-order valence-corrected chi connectivity index (χ0v) is 9.49. The Morgan fingerprint density at radius 3 is 3.00 bits per heavy atom. The van der Waals surface area contributed by atoms with Crippen LogP contribution >= 0.6 is 11.6 Å².